The minimum atomic E-state index is 0.0779. The number of thiophene rings is 1. The van der Waals surface area contributed by atoms with Crippen LogP contribution in [-0.4, -0.2) is 48.9 Å². The highest BCUT2D eigenvalue weighted by Gasteiger charge is 2.24. The van der Waals surface area contributed by atoms with Crippen molar-refractivity contribution in [3.05, 3.63) is 33.7 Å². The third-order valence-corrected chi connectivity index (χ3v) is 5.63. The van der Waals surface area contributed by atoms with E-state index in [0.717, 1.165) is 42.7 Å². The summed E-state index contributed by atoms with van der Waals surface area (Å²) in [6, 6.07) is 6.14. The highest BCUT2D eigenvalue weighted by Crippen LogP contribution is 2.36. The molecule has 1 fully saturated rings. The summed E-state index contributed by atoms with van der Waals surface area (Å²) in [5.74, 6) is 0.0779. The Morgan fingerprint density at radius 2 is 2.05 bits per heavy atom. The summed E-state index contributed by atoms with van der Waals surface area (Å²) in [6.07, 6.45) is 1.02. The van der Waals surface area contributed by atoms with Crippen LogP contribution in [-0.2, 0) is 0 Å². The summed E-state index contributed by atoms with van der Waals surface area (Å²) < 4.78 is 1.09. The Balaban J connectivity index is 1.92. The minimum absolute atomic E-state index is 0.0779. The van der Waals surface area contributed by atoms with Crippen LogP contribution in [0.25, 0.3) is 10.1 Å². The van der Waals surface area contributed by atoms with Gasteiger partial charge in [-0.25, -0.2) is 0 Å². The van der Waals surface area contributed by atoms with Crippen molar-refractivity contribution >= 4 is 38.9 Å². The highest BCUT2D eigenvalue weighted by atomic mass is 35.5. The Labute approximate surface area is 134 Å². The first-order valence-corrected chi connectivity index (χ1v) is 8.42. The van der Waals surface area contributed by atoms with Crippen molar-refractivity contribution in [2.45, 2.75) is 13.3 Å². The van der Waals surface area contributed by atoms with Crippen LogP contribution in [0.2, 0.25) is 5.02 Å². The van der Waals surface area contributed by atoms with Crippen LogP contribution >= 0.6 is 22.9 Å². The monoisotopic (exact) mass is 322 g/mol. The maximum absolute atomic E-state index is 12.8. The van der Waals surface area contributed by atoms with Crippen molar-refractivity contribution in [2.75, 3.05) is 33.2 Å². The molecule has 1 aromatic heterocycles. The Morgan fingerprint density at radius 3 is 2.86 bits per heavy atom. The van der Waals surface area contributed by atoms with Crippen LogP contribution in [0, 0.1) is 6.92 Å². The fourth-order valence-electron chi connectivity index (χ4n) is 2.70. The van der Waals surface area contributed by atoms with E-state index in [1.165, 1.54) is 16.9 Å². The molecule has 0 N–H and O–H groups in total. The molecule has 0 unspecified atom stereocenters. The van der Waals surface area contributed by atoms with Crippen molar-refractivity contribution in [1.82, 2.24) is 9.80 Å². The number of fused-ring (bicyclic) bond motifs is 1. The van der Waals surface area contributed by atoms with E-state index in [1.54, 1.807) is 0 Å². The first-order chi connectivity index (χ1) is 10.1. The van der Waals surface area contributed by atoms with Crippen molar-refractivity contribution in [3.63, 3.8) is 0 Å². The number of hydrogen-bond donors (Lipinski definition) is 0. The minimum Gasteiger partial charge on any atom is -0.337 e. The third-order valence-electron chi connectivity index (χ3n) is 3.99. The van der Waals surface area contributed by atoms with Crippen LogP contribution < -0.4 is 0 Å². The maximum atomic E-state index is 12.8. The second-order valence-corrected chi connectivity index (χ2v) is 7.12. The average molecular weight is 323 g/mol. The molecular weight excluding hydrogens is 304 g/mol. The van der Waals surface area contributed by atoms with Crippen LogP contribution in [0.15, 0.2) is 18.2 Å². The quantitative estimate of drug-likeness (QED) is 0.800. The van der Waals surface area contributed by atoms with E-state index in [2.05, 4.69) is 24.9 Å². The number of halogens is 1. The normalized spacial score (nSPS) is 17.2. The van der Waals surface area contributed by atoms with E-state index in [0.29, 0.717) is 9.90 Å². The zero-order valence-corrected chi connectivity index (χ0v) is 13.9. The molecule has 5 heteroatoms. The number of likely N-dealkylation sites (N-methyl/N-ethyl adjacent to an activating group) is 1. The number of carbonyl (C=O) groups excluding carboxylic acids is 1. The van der Waals surface area contributed by atoms with Crippen molar-refractivity contribution < 1.29 is 4.79 Å². The Bertz CT molecular complexity index is 682. The van der Waals surface area contributed by atoms with Gasteiger partial charge in [-0.2, -0.15) is 0 Å². The molecule has 1 amide bonds. The van der Waals surface area contributed by atoms with E-state index in [4.69, 9.17) is 11.6 Å². The van der Waals surface area contributed by atoms with E-state index < -0.39 is 0 Å². The summed E-state index contributed by atoms with van der Waals surface area (Å²) in [5, 5.41) is 1.60. The molecule has 3 nitrogen and oxygen atoms in total. The van der Waals surface area contributed by atoms with Gasteiger partial charge in [0.05, 0.1) is 5.02 Å². The van der Waals surface area contributed by atoms with E-state index in [-0.39, 0.29) is 5.91 Å². The number of hydrogen-bond acceptors (Lipinski definition) is 3. The summed E-state index contributed by atoms with van der Waals surface area (Å²) in [5.41, 5.74) is 1.19. The molecule has 2 heterocycles. The van der Waals surface area contributed by atoms with Gasteiger partial charge in [-0.1, -0.05) is 23.7 Å². The molecule has 2 aromatic rings. The lowest BCUT2D eigenvalue weighted by atomic mass is 10.2. The standard InChI is InChI=1S/C16H19ClN2OS/c1-11-4-5-12-13(10-11)21-15(14(12)17)16(20)19-7-3-6-18(2)8-9-19/h4-5,10H,3,6-9H2,1-2H3. The van der Waals surface area contributed by atoms with Gasteiger partial charge in [-0.3, -0.25) is 4.79 Å². The lowest BCUT2D eigenvalue weighted by Gasteiger charge is -2.19. The summed E-state index contributed by atoms with van der Waals surface area (Å²) >= 11 is 7.96. The van der Waals surface area contributed by atoms with Crippen molar-refractivity contribution in [2.24, 2.45) is 0 Å². The second-order valence-electron chi connectivity index (χ2n) is 5.69. The van der Waals surface area contributed by atoms with Gasteiger partial charge in [0.2, 0.25) is 0 Å². The Kier molecular flexibility index (Phi) is 4.20. The van der Waals surface area contributed by atoms with Crippen molar-refractivity contribution in [1.29, 1.82) is 0 Å². The molecule has 0 saturated carbocycles. The lowest BCUT2D eigenvalue weighted by Crippen LogP contribution is -2.34. The van der Waals surface area contributed by atoms with E-state index in [1.807, 2.05) is 17.0 Å². The zero-order chi connectivity index (χ0) is 15.0. The average Bonchev–Trinajstić information content (AvgIpc) is 2.63. The van der Waals surface area contributed by atoms with Crippen LogP contribution in [0.3, 0.4) is 0 Å². The fourth-order valence-corrected chi connectivity index (χ4v) is 4.28. The van der Waals surface area contributed by atoms with Crippen molar-refractivity contribution in [3.8, 4) is 0 Å². The number of aryl methyl sites for hydroxylation is 1. The first-order valence-electron chi connectivity index (χ1n) is 7.23. The smallest absolute Gasteiger partial charge is 0.265 e. The molecule has 0 bridgehead atoms. The molecule has 0 radical (unpaired) electrons. The van der Waals surface area contributed by atoms with Gasteiger partial charge in [0.25, 0.3) is 5.91 Å². The summed E-state index contributed by atoms with van der Waals surface area (Å²) in [4.78, 5) is 17.7. The van der Waals surface area contributed by atoms with Gasteiger partial charge >= 0.3 is 0 Å². The molecule has 3 rings (SSSR count). The number of benzene rings is 1. The second kappa shape index (κ2) is 5.95. The van der Waals surface area contributed by atoms with Crippen LogP contribution in [0.5, 0.6) is 0 Å². The third kappa shape index (κ3) is 2.93. The molecule has 0 spiro atoms. The molecule has 21 heavy (non-hydrogen) atoms. The molecule has 1 aliphatic rings. The first kappa shape index (κ1) is 14.8. The predicted molar refractivity (Wildman–Crippen MR) is 89.6 cm³/mol. The molecule has 1 saturated heterocycles. The highest BCUT2D eigenvalue weighted by molar-refractivity contribution is 7.21. The fraction of sp³-hybridized carbons (Fsp3) is 0.438. The van der Waals surface area contributed by atoms with Crippen LogP contribution in [0.4, 0.5) is 0 Å². The largest absolute Gasteiger partial charge is 0.337 e. The number of amides is 1. The summed E-state index contributed by atoms with van der Waals surface area (Å²) in [6.45, 7) is 5.61. The Hall–Kier alpha value is -1.10. The molecule has 1 aromatic carbocycles. The number of carbonyl (C=O) groups is 1. The van der Waals surface area contributed by atoms with Gasteiger partial charge < -0.3 is 9.80 Å². The van der Waals surface area contributed by atoms with Gasteiger partial charge in [-0.15, -0.1) is 11.3 Å². The van der Waals surface area contributed by atoms with E-state index >= 15 is 0 Å². The molecule has 1 aliphatic heterocycles. The maximum Gasteiger partial charge on any atom is 0.265 e. The summed E-state index contributed by atoms with van der Waals surface area (Å²) in [7, 11) is 2.10. The van der Waals surface area contributed by atoms with Gasteiger partial charge in [0, 0.05) is 29.7 Å². The van der Waals surface area contributed by atoms with Gasteiger partial charge in [0.1, 0.15) is 4.88 Å². The predicted octanol–water partition coefficient (Wildman–Crippen LogP) is 3.64. The SMILES string of the molecule is Cc1ccc2c(Cl)c(C(=O)N3CCCN(C)CC3)sc2c1. The lowest BCUT2D eigenvalue weighted by molar-refractivity contribution is 0.0768. The zero-order valence-electron chi connectivity index (χ0n) is 12.4. The Morgan fingerprint density at radius 1 is 1.24 bits per heavy atom. The van der Waals surface area contributed by atoms with Gasteiger partial charge in [0.15, 0.2) is 0 Å². The molecule has 0 atom stereocenters. The molecule has 112 valence electrons. The topological polar surface area (TPSA) is 23.6 Å². The number of nitrogens with zero attached hydrogens (tertiary/aromatic N) is 2. The van der Waals surface area contributed by atoms with E-state index in [9.17, 15) is 4.79 Å². The van der Waals surface area contributed by atoms with Gasteiger partial charge in [-0.05, 0) is 38.6 Å². The van der Waals surface area contributed by atoms with Crippen LogP contribution in [0.1, 0.15) is 21.7 Å². The molecule has 0 aliphatic carbocycles. The molecular formula is C16H19ClN2OS. The number of rotatable bonds is 1.